The molecule has 0 unspecified atom stereocenters. The van der Waals surface area contributed by atoms with Gasteiger partial charge in [-0.3, -0.25) is 0 Å². The van der Waals surface area contributed by atoms with Crippen molar-refractivity contribution in [1.82, 2.24) is 4.98 Å². The lowest BCUT2D eigenvalue weighted by atomic mass is 10.1. The van der Waals surface area contributed by atoms with E-state index in [1.165, 1.54) is 0 Å². The summed E-state index contributed by atoms with van der Waals surface area (Å²) in [5.41, 5.74) is 1.20. The Hall–Kier alpha value is -2.82. The first kappa shape index (κ1) is 12.9. The molecule has 1 atom stereocenters. The van der Waals surface area contributed by atoms with E-state index in [-0.39, 0.29) is 0 Å². The number of aromatic amines is 1. The molecular formula is C17H13NO4. The van der Waals surface area contributed by atoms with Gasteiger partial charge in [0.05, 0.1) is 6.61 Å². The number of hydrogen-bond acceptors (Lipinski definition) is 4. The monoisotopic (exact) mass is 295 g/mol. The van der Waals surface area contributed by atoms with E-state index in [0.29, 0.717) is 18.7 Å². The van der Waals surface area contributed by atoms with Crippen LogP contribution in [0.3, 0.4) is 0 Å². The fourth-order valence-corrected chi connectivity index (χ4v) is 2.77. The third kappa shape index (κ3) is 2.02. The molecule has 1 aliphatic heterocycles. The second-order valence-corrected chi connectivity index (χ2v) is 5.28. The molecule has 0 amide bonds. The number of cyclic esters (lactones) is 1. The number of rotatable bonds is 2. The van der Waals surface area contributed by atoms with Crippen LogP contribution in [-0.2, 0) is 14.3 Å². The molecule has 0 saturated carbocycles. The zero-order chi connectivity index (χ0) is 15.1. The largest absolute Gasteiger partial charge is 0.463 e. The standard InChI is InChI=1S/C17H13NO4/c19-16(22-15-7-8-21-17(15)20)14-9-12-11-4-2-1-3-10(11)5-6-13(12)18-14/h1-6,9,15,18H,7-8H2/t15-/m1/s1. The summed E-state index contributed by atoms with van der Waals surface area (Å²) in [7, 11) is 0. The summed E-state index contributed by atoms with van der Waals surface area (Å²) in [6, 6.07) is 13.7. The Balaban J connectivity index is 1.71. The summed E-state index contributed by atoms with van der Waals surface area (Å²) < 4.78 is 10.00. The molecule has 0 aliphatic carbocycles. The average molecular weight is 295 g/mol. The van der Waals surface area contributed by atoms with Crippen LogP contribution < -0.4 is 0 Å². The number of carbonyl (C=O) groups excluding carboxylic acids is 2. The van der Waals surface area contributed by atoms with Gasteiger partial charge in [-0.15, -0.1) is 0 Å². The first-order valence-corrected chi connectivity index (χ1v) is 7.10. The SMILES string of the molecule is O=C(O[C@@H]1CCOC1=O)c1cc2c(ccc3ccccc32)[nH]1. The van der Waals surface area contributed by atoms with Gasteiger partial charge in [0.15, 0.2) is 0 Å². The Morgan fingerprint density at radius 2 is 2.05 bits per heavy atom. The normalized spacial score (nSPS) is 17.8. The molecule has 2 aromatic carbocycles. The van der Waals surface area contributed by atoms with Gasteiger partial charge in [0.2, 0.25) is 6.10 Å². The first-order chi connectivity index (χ1) is 10.7. The molecule has 4 rings (SSSR count). The Morgan fingerprint density at radius 1 is 1.18 bits per heavy atom. The Bertz CT molecular complexity index is 896. The van der Waals surface area contributed by atoms with Crippen LogP contribution >= 0.6 is 0 Å². The number of benzene rings is 2. The van der Waals surface area contributed by atoms with E-state index in [4.69, 9.17) is 9.47 Å². The minimum atomic E-state index is -0.796. The van der Waals surface area contributed by atoms with E-state index in [1.54, 1.807) is 6.07 Å². The maximum atomic E-state index is 12.2. The smallest absolute Gasteiger partial charge is 0.355 e. The summed E-state index contributed by atoms with van der Waals surface area (Å²) in [5.74, 6) is -1.01. The van der Waals surface area contributed by atoms with Crippen molar-refractivity contribution in [3.63, 3.8) is 0 Å². The zero-order valence-corrected chi connectivity index (χ0v) is 11.7. The molecule has 0 bridgehead atoms. The van der Waals surface area contributed by atoms with Crippen molar-refractivity contribution in [3.8, 4) is 0 Å². The van der Waals surface area contributed by atoms with E-state index in [1.807, 2.05) is 36.4 Å². The fourth-order valence-electron chi connectivity index (χ4n) is 2.77. The second kappa shape index (κ2) is 4.87. The van der Waals surface area contributed by atoms with Crippen molar-refractivity contribution in [3.05, 3.63) is 48.2 Å². The zero-order valence-electron chi connectivity index (χ0n) is 11.7. The summed E-state index contributed by atoms with van der Waals surface area (Å²) >= 11 is 0. The number of fused-ring (bicyclic) bond motifs is 3. The highest BCUT2D eigenvalue weighted by Crippen LogP contribution is 2.26. The van der Waals surface area contributed by atoms with Crippen molar-refractivity contribution in [2.45, 2.75) is 12.5 Å². The molecule has 22 heavy (non-hydrogen) atoms. The van der Waals surface area contributed by atoms with Crippen LogP contribution in [0.1, 0.15) is 16.9 Å². The van der Waals surface area contributed by atoms with Crippen molar-refractivity contribution in [2.24, 2.45) is 0 Å². The van der Waals surface area contributed by atoms with E-state index >= 15 is 0 Å². The molecule has 5 nitrogen and oxygen atoms in total. The Kier molecular flexibility index (Phi) is 2.85. The van der Waals surface area contributed by atoms with Crippen LogP contribution in [0.5, 0.6) is 0 Å². The molecule has 1 aliphatic rings. The van der Waals surface area contributed by atoms with Crippen molar-refractivity contribution in [1.29, 1.82) is 0 Å². The molecule has 0 spiro atoms. The third-order valence-electron chi connectivity index (χ3n) is 3.89. The van der Waals surface area contributed by atoms with E-state index < -0.39 is 18.0 Å². The molecule has 2 heterocycles. The van der Waals surface area contributed by atoms with E-state index in [0.717, 1.165) is 21.7 Å². The van der Waals surface area contributed by atoms with E-state index in [2.05, 4.69) is 4.98 Å². The highest BCUT2D eigenvalue weighted by Gasteiger charge is 2.31. The number of esters is 2. The molecule has 1 saturated heterocycles. The number of ether oxygens (including phenoxy) is 2. The van der Waals surface area contributed by atoms with Gasteiger partial charge in [-0.1, -0.05) is 30.3 Å². The van der Waals surface area contributed by atoms with Crippen LogP contribution in [0, 0.1) is 0 Å². The lowest BCUT2D eigenvalue weighted by Gasteiger charge is -2.06. The summed E-state index contributed by atoms with van der Waals surface area (Å²) in [5, 5.41) is 3.13. The minimum Gasteiger partial charge on any atom is -0.463 e. The molecular weight excluding hydrogens is 282 g/mol. The number of carbonyl (C=O) groups is 2. The van der Waals surface area contributed by atoms with Crippen LogP contribution in [0.2, 0.25) is 0 Å². The molecule has 1 aromatic heterocycles. The molecule has 110 valence electrons. The third-order valence-corrected chi connectivity index (χ3v) is 3.89. The van der Waals surface area contributed by atoms with Crippen LogP contribution in [-0.4, -0.2) is 29.6 Å². The molecule has 1 N–H and O–H groups in total. The number of H-pyrrole nitrogens is 1. The summed E-state index contributed by atoms with van der Waals surface area (Å²) in [4.78, 5) is 26.6. The van der Waals surface area contributed by atoms with Gasteiger partial charge in [0.1, 0.15) is 5.69 Å². The van der Waals surface area contributed by atoms with Gasteiger partial charge in [-0.25, -0.2) is 9.59 Å². The van der Waals surface area contributed by atoms with Crippen LogP contribution in [0.25, 0.3) is 21.7 Å². The summed E-state index contributed by atoms with van der Waals surface area (Å²) in [6.45, 7) is 0.300. The number of hydrogen-bond donors (Lipinski definition) is 1. The molecule has 3 aromatic rings. The quantitative estimate of drug-likeness (QED) is 0.738. The lowest BCUT2D eigenvalue weighted by molar-refractivity contribution is -0.145. The molecule has 0 radical (unpaired) electrons. The minimum absolute atomic E-state index is 0.300. The van der Waals surface area contributed by atoms with Crippen molar-refractivity contribution < 1.29 is 19.1 Å². The maximum absolute atomic E-state index is 12.2. The van der Waals surface area contributed by atoms with Crippen molar-refractivity contribution >= 4 is 33.6 Å². The predicted molar refractivity (Wildman–Crippen MR) is 80.6 cm³/mol. The van der Waals surface area contributed by atoms with Gasteiger partial charge in [-0.2, -0.15) is 0 Å². The van der Waals surface area contributed by atoms with Gasteiger partial charge < -0.3 is 14.5 Å². The van der Waals surface area contributed by atoms with Crippen LogP contribution in [0.15, 0.2) is 42.5 Å². The van der Waals surface area contributed by atoms with Crippen LogP contribution in [0.4, 0.5) is 0 Å². The lowest BCUT2D eigenvalue weighted by Crippen LogP contribution is -2.22. The first-order valence-electron chi connectivity index (χ1n) is 7.10. The van der Waals surface area contributed by atoms with Gasteiger partial charge in [-0.05, 0) is 22.9 Å². The number of nitrogens with one attached hydrogen (secondary N) is 1. The van der Waals surface area contributed by atoms with Crippen molar-refractivity contribution in [2.75, 3.05) is 6.61 Å². The highest BCUT2D eigenvalue weighted by atomic mass is 16.6. The topological polar surface area (TPSA) is 68.4 Å². The fraction of sp³-hybridized carbons (Fsp3) is 0.176. The van der Waals surface area contributed by atoms with Gasteiger partial charge >= 0.3 is 11.9 Å². The van der Waals surface area contributed by atoms with E-state index in [9.17, 15) is 9.59 Å². The summed E-state index contributed by atoms with van der Waals surface area (Å²) in [6.07, 6.45) is -0.385. The Labute approximate surface area is 125 Å². The second-order valence-electron chi connectivity index (χ2n) is 5.28. The number of aromatic nitrogens is 1. The predicted octanol–water partition coefficient (Wildman–Crippen LogP) is 2.79. The maximum Gasteiger partial charge on any atom is 0.355 e. The highest BCUT2D eigenvalue weighted by molar-refractivity contribution is 6.09. The molecule has 1 fully saturated rings. The average Bonchev–Trinajstić information content (AvgIpc) is 3.14. The molecule has 5 heteroatoms. The van der Waals surface area contributed by atoms with Gasteiger partial charge in [0, 0.05) is 17.3 Å². The Morgan fingerprint density at radius 3 is 2.86 bits per heavy atom. The van der Waals surface area contributed by atoms with Gasteiger partial charge in [0.25, 0.3) is 0 Å².